The number of sulfonamides is 1. The SMILES string of the molecule is CC[C@H](C)NS(=O)(=O)c1ccc2c(c1)CCC(=O)N2. The Bertz CT molecular complexity index is 596. The van der Waals surface area contributed by atoms with Crippen molar-refractivity contribution in [3.05, 3.63) is 23.8 Å². The average molecular weight is 282 g/mol. The summed E-state index contributed by atoms with van der Waals surface area (Å²) in [6, 6.07) is 4.72. The van der Waals surface area contributed by atoms with Crippen molar-refractivity contribution in [2.75, 3.05) is 5.32 Å². The number of hydrogen-bond acceptors (Lipinski definition) is 3. The lowest BCUT2D eigenvalue weighted by molar-refractivity contribution is -0.116. The standard InChI is InChI=1S/C13H18N2O3S/c1-3-9(2)15-19(17,18)11-5-6-12-10(8-11)4-7-13(16)14-12/h5-6,8-9,15H,3-4,7H2,1-2H3,(H,14,16)/t9-/m0/s1. The van der Waals surface area contributed by atoms with E-state index in [1.54, 1.807) is 12.1 Å². The van der Waals surface area contributed by atoms with E-state index in [1.807, 2.05) is 13.8 Å². The summed E-state index contributed by atoms with van der Waals surface area (Å²) < 4.78 is 26.9. The highest BCUT2D eigenvalue weighted by Gasteiger charge is 2.20. The summed E-state index contributed by atoms with van der Waals surface area (Å²) in [6.07, 6.45) is 1.71. The summed E-state index contributed by atoms with van der Waals surface area (Å²) in [5.41, 5.74) is 1.57. The predicted molar refractivity (Wildman–Crippen MR) is 73.5 cm³/mol. The summed E-state index contributed by atoms with van der Waals surface area (Å²) in [5.74, 6) is -0.0270. The minimum absolute atomic E-state index is 0.0270. The van der Waals surface area contributed by atoms with Gasteiger partial charge in [0, 0.05) is 18.2 Å². The molecule has 2 rings (SSSR count). The molecule has 0 fully saturated rings. The van der Waals surface area contributed by atoms with Crippen LogP contribution >= 0.6 is 0 Å². The van der Waals surface area contributed by atoms with Gasteiger partial charge in [-0.05, 0) is 43.5 Å². The van der Waals surface area contributed by atoms with E-state index < -0.39 is 10.0 Å². The Hall–Kier alpha value is -1.40. The number of aryl methyl sites for hydroxylation is 1. The maximum Gasteiger partial charge on any atom is 0.240 e. The smallest absolute Gasteiger partial charge is 0.240 e. The van der Waals surface area contributed by atoms with Gasteiger partial charge in [-0.3, -0.25) is 4.79 Å². The van der Waals surface area contributed by atoms with Crippen molar-refractivity contribution < 1.29 is 13.2 Å². The van der Waals surface area contributed by atoms with Crippen molar-refractivity contribution in [1.29, 1.82) is 0 Å². The van der Waals surface area contributed by atoms with E-state index in [2.05, 4.69) is 10.0 Å². The maximum absolute atomic E-state index is 12.2. The second-order valence-electron chi connectivity index (χ2n) is 4.80. The zero-order chi connectivity index (χ0) is 14.0. The fourth-order valence-corrected chi connectivity index (χ4v) is 3.32. The Labute approximate surface area is 113 Å². The average Bonchev–Trinajstić information content (AvgIpc) is 2.37. The largest absolute Gasteiger partial charge is 0.326 e. The van der Waals surface area contributed by atoms with Crippen LogP contribution in [0.1, 0.15) is 32.3 Å². The van der Waals surface area contributed by atoms with E-state index >= 15 is 0 Å². The highest BCUT2D eigenvalue weighted by molar-refractivity contribution is 7.89. The Morgan fingerprint density at radius 2 is 2.11 bits per heavy atom. The first-order valence-electron chi connectivity index (χ1n) is 6.37. The van der Waals surface area contributed by atoms with Crippen LogP contribution in [0.25, 0.3) is 0 Å². The molecular formula is C13H18N2O3S. The van der Waals surface area contributed by atoms with Crippen LogP contribution in [-0.4, -0.2) is 20.4 Å². The molecule has 2 N–H and O–H groups in total. The minimum Gasteiger partial charge on any atom is -0.326 e. The molecule has 0 spiro atoms. The number of benzene rings is 1. The molecule has 0 saturated heterocycles. The number of carbonyl (C=O) groups excluding carboxylic acids is 1. The van der Waals surface area contributed by atoms with Gasteiger partial charge >= 0.3 is 0 Å². The van der Waals surface area contributed by atoms with Crippen LogP contribution in [0, 0.1) is 0 Å². The molecule has 0 aromatic heterocycles. The van der Waals surface area contributed by atoms with Gasteiger partial charge in [0.1, 0.15) is 0 Å². The Morgan fingerprint density at radius 3 is 2.79 bits per heavy atom. The molecule has 0 radical (unpaired) electrons. The van der Waals surface area contributed by atoms with E-state index in [9.17, 15) is 13.2 Å². The van der Waals surface area contributed by atoms with Crippen molar-refractivity contribution in [1.82, 2.24) is 4.72 Å². The van der Waals surface area contributed by atoms with E-state index in [0.717, 1.165) is 12.0 Å². The molecule has 1 aliphatic rings. The van der Waals surface area contributed by atoms with Gasteiger partial charge in [-0.1, -0.05) is 6.92 Å². The van der Waals surface area contributed by atoms with Crippen molar-refractivity contribution in [3.8, 4) is 0 Å². The molecule has 1 atom stereocenters. The third-order valence-corrected chi connectivity index (χ3v) is 4.84. The molecule has 0 unspecified atom stereocenters. The van der Waals surface area contributed by atoms with Crippen LogP contribution in [-0.2, 0) is 21.2 Å². The molecule has 0 bridgehead atoms. The molecule has 0 aliphatic carbocycles. The van der Waals surface area contributed by atoms with Crippen LogP contribution in [0.15, 0.2) is 23.1 Å². The molecule has 19 heavy (non-hydrogen) atoms. The highest BCUT2D eigenvalue weighted by Crippen LogP contribution is 2.25. The number of hydrogen-bond donors (Lipinski definition) is 2. The highest BCUT2D eigenvalue weighted by atomic mass is 32.2. The van der Waals surface area contributed by atoms with Gasteiger partial charge in [0.25, 0.3) is 0 Å². The topological polar surface area (TPSA) is 75.3 Å². The van der Waals surface area contributed by atoms with Crippen LogP contribution in [0.3, 0.4) is 0 Å². The molecule has 1 aromatic rings. The molecule has 1 aromatic carbocycles. The fraction of sp³-hybridized carbons (Fsp3) is 0.462. The first-order chi connectivity index (χ1) is 8.92. The maximum atomic E-state index is 12.2. The molecular weight excluding hydrogens is 264 g/mol. The summed E-state index contributed by atoms with van der Waals surface area (Å²) in [6.45, 7) is 3.76. The van der Waals surface area contributed by atoms with E-state index in [-0.39, 0.29) is 16.8 Å². The zero-order valence-corrected chi connectivity index (χ0v) is 11.9. The predicted octanol–water partition coefficient (Wildman–Crippen LogP) is 1.65. The van der Waals surface area contributed by atoms with Crippen molar-refractivity contribution in [3.63, 3.8) is 0 Å². The number of amides is 1. The van der Waals surface area contributed by atoms with Crippen LogP contribution < -0.4 is 10.0 Å². The monoisotopic (exact) mass is 282 g/mol. The lowest BCUT2D eigenvalue weighted by Gasteiger charge is -2.18. The van der Waals surface area contributed by atoms with E-state index in [0.29, 0.717) is 18.5 Å². The van der Waals surface area contributed by atoms with Gasteiger partial charge in [0.2, 0.25) is 15.9 Å². The number of rotatable bonds is 4. The Morgan fingerprint density at radius 1 is 1.37 bits per heavy atom. The minimum atomic E-state index is -3.48. The first-order valence-corrected chi connectivity index (χ1v) is 7.86. The first kappa shape index (κ1) is 14.0. The van der Waals surface area contributed by atoms with E-state index in [4.69, 9.17) is 0 Å². The summed E-state index contributed by atoms with van der Waals surface area (Å²) in [5, 5.41) is 2.74. The molecule has 104 valence electrons. The zero-order valence-electron chi connectivity index (χ0n) is 11.1. The van der Waals surface area contributed by atoms with Gasteiger partial charge in [0.15, 0.2) is 0 Å². The molecule has 5 nitrogen and oxygen atoms in total. The number of nitrogens with one attached hydrogen (secondary N) is 2. The lowest BCUT2D eigenvalue weighted by Crippen LogP contribution is -2.32. The van der Waals surface area contributed by atoms with Gasteiger partial charge < -0.3 is 5.32 Å². The lowest BCUT2D eigenvalue weighted by atomic mass is 10.0. The number of carbonyl (C=O) groups is 1. The summed E-state index contributed by atoms with van der Waals surface area (Å²) in [4.78, 5) is 11.5. The fourth-order valence-electron chi connectivity index (χ4n) is 1.94. The van der Waals surface area contributed by atoms with Crippen molar-refractivity contribution in [2.24, 2.45) is 0 Å². The Balaban J connectivity index is 2.29. The van der Waals surface area contributed by atoms with Crippen LogP contribution in [0.2, 0.25) is 0 Å². The third-order valence-electron chi connectivity index (χ3n) is 3.25. The second-order valence-corrected chi connectivity index (χ2v) is 6.51. The summed E-state index contributed by atoms with van der Waals surface area (Å²) in [7, 11) is -3.48. The Kier molecular flexibility index (Phi) is 3.91. The van der Waals surface area contributed by atoms with E-state index in [1.165, 1.54) is 6.07 Å². The number of anilines is 1. The van der Waals surface area contributed by atoms with Crippen molar-refractivity contribution >= 4 is 21.6 Å². The van der Waals surface area contributed by atoms with Crippen molar-refractivity contribution in [2.45, 2.75) is 44.0 Å². The molecule has 1 aliphatic heterocycles. The normalized spacial score (nSPS) is 16.6. The second kappa shape index (κ2) is 5.30. The third kappa shape index (κ3) is 3.13. The van der Waals surface area contributed by atoms with Gasteiger partial charge in [0.05, 0.1) is 4.90 Å². The summed E-state index contributed by atoms with van der Waals surface area (Å²) >= 11 is 0. The molecule has 6 heteroatoms. The molecule has 0 saturated carbocycles. The number of fused-ring (bicyclic) bond motifs is 1. The van der Waals surface area contributed by atoms with Gasteiger partial charge in [-0.25, -0.2) is 13.1 Å². The quantitative estimate of drug-likeness (QED) is 0.881. The molecule has 1 heterocycles. The van der Waals surface area contributed by atoms with Gasteiger partial charge in [-0.15, -0.1) is 0 Å². The van der Waals surface area contributed by atoms with Crippen LogP contribution in [0.5, 0.6) is 0 Å². The van der Waals surface area contributed by atoms with Gasteiger partial charge in [-0.2, -0.15) is 0 Å². The van der Waals surface area contributed by atoms with Crippen LogP contribution in [0.4, 0.5) is 5.69 Å². The molecule has 1 amide bonds.